The van der Waals surface area contributed by atoms with Crippen LogP contribution < -0.4 is 0 Å². The van der Waals surface area contributed by atoms with Gasteiger partial charge in [0.1, 0.15) is 0 Å². The fraction of sp³-hybridized carbons (Fsp3) is 0.800. The molecule has 0 N–H and O–H groups in total. The third kappa shape index (κ3) is 2.63. The topological polar surface area (TPSA) is 9.23 Å². The first-order valence-corrected chi connectivity index (χ1v) is 8.97. The van der Waals surface area contributed by atoms with Gasteiger partial charge in [-0.05, 0) is 80.1 Å². The average Bonchev–Trinajstić information content (AvgIpc) is 3.02. The Morgan fingerprint density at radius 3 is 2.81 bits per heavy atom. The van der Waals surface area contributed by atoms with E-state index < -0.39 is 0 Å². The van der Waals surface area contributed by atoms with Gasteiger partial charge >= 0.3 is 0 Å². The van der Waals surface area contributed by atoms with Gasteiger partial charge < -0.3 is 4.74 Å². The Morgan fingerprint density at radius 1 is 1.24 bits per heavy atom. The van der Waals surface area contributed by atoms with Gasteiger partial charge in [0, 0.05) is 7.11 Å². The first-order valence-electron chi connectivity index (χ1n) is 8.97. The number of hydrogen-bond donors (Lipinski definition) is 0. The van der Waals surface area contributed by atoms with Gasteiger partial charge in [0.15, 0.2) is 0 Å². The lowest BCUT2D eigenvalue weighted by atomic mass is 9.61. The second-order valence-electron chi connectivity index (χ2n) is 7.97. The molecule has 2 unspecified atom stereocenters. The molecule has 0 aliphatic heterocycles. The Hall–Kier alpha value is -0.560. The highest BCUT2D eigenvalue weighted by atomic mass is 16.5. The summed E-state index contributed by atoms with van der Waals surface area (Å²) < 4.78 is 5.65. The van der Waals surface area contributed by atoms with E-state index in [1.165, 1.54) is 51.4 Å². The third-order valence-corrected chi connectivity index (χ3v) is 6.86. The number of fused-ring (bicyclic) bond motifs is 1. The van der Waals surface area contributed by atoms with Crippen molar-refractivity contribution < 1.29 is 4.74 Å². The SMILES string of the molecule is C=C1CCC[C@@]2(C)C1CC[C@@H]2[C@@H](C)/C=C1\CCCC1OC. The van der Waals surface area contributed by atoms with E-state index in [0.29, 0.717) is 17.4 Å². The van der Waals surface area contributed by atoms with E-state index in [1.54, 1.807) is 11.1 Å². The Bertz CT molecular complexity index is 435. The highest BCUT2D eigenvalue weighted by Crippen LogP contribution is 2.59. The summed E-state index contributed by atoms with van der Waals surface area (Å²) in [6, 6.07) is 0. The molecule has 3 rings (SSSR count). The molecule has 0 radical (unpaired) electrons. The Morgan fingerprint density at radius 2 is 2.05 bits per heavy atom. The highest BCUT2D eigenvalue weighted by Gasteiger charge is 2.50. The second-order valence-corrected chi connectivity index (χ2v) is 7.97. The van der Waals surface area contributed by atoms with Gasteiger partial charge in [-0.25, -0.2) is 0 Å². The average molecular weight is 288 g/mol. The minimum atomic E-state index is 0.402. The number of methoxy groups -OCH3 is 1. The molecule has 0 amide bonds. The minimum Gasteiger partial charge on any atom is -0.377 e. The lowest BCUT2D eigenvalue weighted by molar-refractivity contribution is 0.110. The van der Waals surface area contributed by atoms with Crippen LogP contribution in [0.2, 0.25) is 0 Å². The molecule has 0 bridgehead atoms. The zero-order chi connectivity index (χ0) is 15.0. The summed E-state index contributed by atoms with van der Waals surface area (Å²) >= 11 is 0. The van der Waals surface area contributed by atoms with Gasteiger partial charge in [-0.1, -0.05) is 32.1 Å². The fourth-order valence-corrected chi connectivity index (χ4v) is 5.78. The third-order valence-electron chi connectivity index (χ3n) is 6.86. The molecule has 1 heteroatoms. The van der Waals surface area contributed by atoms with Crippen molar-refractivity contribution in [2.24, 2.45) is 23.2 Å². The van der Waals surface area contributed by atoms with E-state index in [4.69, 9.17) is 4.74 Å². The van der Waals surface area contributed by atoms with Gasteiger partial charge in [0.25, 0.3) is 0 Å². The Kier molecular flexibility index (Phi) is 4.32. The standard InChI is InChI=1S/C20H32O/c1-14-7-6-12-20(3)17(14)10-11-18(20)15(2)13-16-8-5-9-19(16)21-4/h13,15,17-19H,1,5-12H2,2-4H3/b16-13+/t15-,17?,18+,19?,20-/m0/s1. The Labute approximate surface area is 130 Å². The summed E-state index contributed by atoms with van der Waals surface area (Å²) in [5, 5.41) is 0. The maximum Gasteiger partial charge on any atom is 0.0781 e. The van der Waals surface area contributed by atoms with Gasteiger partial charge in [-0.15, -0.1) is 0 Å². The number of rotatable bonds is 3. The van der Waals surface area contributed by atoms with Crippen LogP contribution in [0.1, 0.15) is 65.2 Å². The summed E-state index contributed by atoms with van der Waals surface area (Å²) in [6.07, 6.45) is 13.6. The zero-order valence-corrected chi connectivity index (χ0v) is 14.2. The van der Waals surface area contributed by atoms with Crippen molar-refractivity contribution in [3.8, 4) is 0 Å². The van der Waals surface area contributed by atoms with Gasteiger partial charge in [-0.3, -0.25) is 0 Å². The summed E-state index contributed by atoms with van der Waals surface area (Å²) in [4.78, 5) is 0. The molecule has 118 valence electrons. The van der Waals surface area contributed by atoms with Crippen molar-refractivity contribution in [3.63, 3.8) is 0 Å². The molecule has 3 aliphatic rings. The van der Waals surface area contributed by atoms with Crippen LogP contribution in [-0.2, 0) is 4.74 Å². The molecule has 3 aliphatic carbocycles. The molecule has 0 heterocycles. The second kappa shape index (κ2) is 5.91. The van der Waals surface area contributed by atoms with E-state index in [1.807, 2.05) is 7.11 Å². The van der Waals surface area contributed by atoms with Crippen LogP contribution in [0.15, 0.2) is 23.8 Å². The Balaban J connectivity index is 1.77. The zero-order valence-electron chi connectivity index (χ0n) is 14.2. The van der Waals surface area contributed by atoms with Crippen LogP contribution in [0.4, 0.5) is 0 Å². The maximum absolute atomic E-state index is 5.65. The maximum atomic E-state index is 5.65. The first kappa shape index (κ1) is 15.3. The van der Waals surface area contributed by atoms with Crippen molar-refractivity contribution in [2.45, 2.75) is 71.3 Å². The van der Waals surface area contributed by atoms with E-state index in [9.17, 15) is 0 Å². The monoisotopic (exact) mass is 288 g/mol. The first-order chi connectivity index (χ1) is 10.1. The van der Waals surface area contributed by atoms with Crippen LogP contribution in [0, 0.1) is 23.2 Å². The summed E-state index contributed by atoms with van der Waals surface area (Å²) in [5.74, 6) is 2.32. The molecule has 0 spiro atoms. The van der Waals surface area contributed by atoms with E-state index in [2.05, 4.69) is 26.5 Å². The van der Waals surface area contributed by atoms with E-state index in [0.717, 1.165) is 11.8 Å². The van der Waals surface area contributed by atoms with E-state index in [-0.39, 0.29) is 0 Å². The van der Waals surface area contributed by atoms with Crippen molar-refractivity contribution >= 4 is 0 Å². The number of ether oxygens (including phenoxy) is 1. The molecule has 0 saturated heterocycles. The van der Waals surface area contributed by atoms with E-state index >= 15 is 0 Å². The van der Waals surface area contributed by atoms with Crippen LogP contribution in [0.3, 0.4) is 0 Å². The molecule has 0 aromatic carbocycles. The highest BCUT2D eigenvalue weighted by molar-refractivity contribution is 5.19. The van der Waals surface area contributed by atoms with Crippen LogP contribution in [-0.4, -0.2) is 13.2 Å². The summed E-state index contributed by atoms with van der Waals surface area (Å²) in [5.41, 5.74) is 3.63. The van der Waals surface area contributed by atoms with Crippen LogP contribution >= 0.6 is 0 Å². The fourth-order valence-electron chi connectivity index (χ4n) is 5.78. The number of allylic oxidation sites excluding steroid dienone is 2. The predicted octanol–water partition coefficient (Wildman–Crippen LogP) is 5.52. The van der Waals surface area contributed by atoms with Gasteiger partial charge in [0.2, 0.25) is 0 Å². The predicted molar refractivity (Wildman–Crippen MR) is 89.2 cm³/mol. The minimum absolute atomic E-state index is 0.402. The van der Waals surface area contributed by atoms with Crippen molar-refractivity contribution in [3.05, 3.63) is 23.8 Å². The van der Waals surface area contributed by atoms with Crippen molar-refractivity contribution in [1.29, 1.82) is 0 Å². The summed E-state index contributed by atoms with van der Waals surface area (Å²) in [7, 11) is 1.87. The van der Waals surface area contributed by atoms with Crippen LogP contribution in [0.5, 0.6) is 0 Å². The molecular weight excluding hydrogens is 256 g/mol. The molecule has 1 nitrogen and oxygen atoms in total. The quantitative estimate of drug-likeness (QED) is 0.621. The smallest absolute Gasteiger partial charge is 0.0781 e. The van der Waals surface area contributed by atoms with Crippen LogP contribution in [0.25, 0.3) is 0 Å². The van der Waals surface area contributed by atoms with Crippen molar-refractivity contribution in [2.75, 3.05) is 7.11 Å². The van der Waals surface area contributed by atoms with Gasteiger partial charge in [-0.2, -0.15) is 0 Å². The normalized spacial score (nSPS) is 43.3. The molecule has 21 heavy (non-hydrogen) atoms. The molecular formula is C20H32O. The molecule has 0 aromatic heterocycles. The number of hydrogen-bond acceptors (Lipinski definition) is 1. The van der Waals surface area contributed by atoms with Crippen molar-refractivity contribution in [1.82, 2.24) is 0 Å². The lowest BCUT2D eigenvalue weighted by Crippen LogP contribution is -2.35. The molecule has 3 fully saturated rings. The lowest BCUT2D eigenvalue weighted by Gasteiger charge is -2.43. The molecule has 0 aromatic rings. The largest absolute Gasteiger partial charge is 0.377 e. The molecule has 3 saturated carbocycles. The molecule has 5 atom stereocenters. The van der Waals surface area contributed by atoms with Gasteiger partial charge in [0.05, 0.1) is 6.10 Å². The summed E-state index contributed by atoms with van der Waals surface area (Å²) in [6.45, 7) is 9.39.